The molecule has 41 heavy (non-hydrogen) atoms. The molecule has 1 atom stereocenters. The van der Waals surface area contributed by atoms with E-state index in [-0.39, 0.29) is 17.3 Å². The van der Waals surface area contributed by atoms with E-state index in [4.69, 9.17) is 16.3 Å². The summed E-state index contributed by atoms with van der Waals surface area (Å²) in [5.74, 6) is -0.135. The molecule has 3 rings (SSSR count). The first kappa shape index (κ1) is 32.0. The van der Waals surface area contributed by atoms with Crippen molar-refractivity contribution in [2.45, 2.75) is 58.0 Å². The molecule has 3 aromatic carbocycles. The number of ether oxygens (including phenoxy) is 1. The topological polar surface area (TPSA) is 96.0 Å². The number of halogens is 1. The molecule has 220 valence electrons. The van der Waals surface area contributed by atoms with Gasteiger partial charge < -0.3 is 15.0 Å². The Bertz CT molecular complexity index is 1440. The summed E-state index contributed by atoms with van der Waals surface area (Å²) in [6.07, 6.45) is 1.09. The molecule has 2 amide bonds. The molecule has 1 unspecified atom stereocenters. The Hall–Kier alpha value is -3.56. The molecule has 0 fully saturated rings. The fourth-order valence-corrected chi connectivity index (χ4v) is 6.17. The van der Waals surface area contributed by atoms with E-state index in [0.717, 1.165) is 21.9 Å². The van der Waals surface area contributed by atoms with Crippen LogP contribution in [0.3, 0.4) is 0 Å². The van der Waals surface area contributed by atoms with E-state index in [1.54, 1.807) is 56.5 Å². The molecule has 0 aliphatic heterocycles. The molecular formula is C31H38ClN3O5S. The van der Waals surface area contributed by atoms with Gasteiger partial charge in [-0.15, -0.1) is 0 Å². The molecule has 1 N–H and O–H groups in total. The third kappa shape index (κ3) is 8.01. The van der Waals surface area contributed by atoms with Gasteiger partial charge in [-0.3, -0.25) is 13.9 Å². The minimum Gasteiger partial charge on any atom is -0.497 e. The first-order valence-corrected chi connectivity index (χ1v) is 15.4. The Labute approximate surface area is 248 Å². The van der Waals surface area contributed by atoms with Gasteiger partial charge in [0.1, 0.15) is 18.3 Å². The third-order valence-electron chi connectivity index (χ3n) is 6.76. The van der Waals surface area contributed by atoms with E-state index in [1.807, 2.05) is 32.9 Å². The molecule has 0 saturated heterocycles. The molecule has 0 bridgehead atoms. The van der Waals surface area contributed by atoms with Gasteiger partial charge in [0.2, 0.25) is 11.8 Å². The van der Waals surface area contributed by atoms with Gasteiger partial charge in [0.05, 0.1) is 17.7 Å². The van der Waals surface area contributed by atoms with Crippen molar-refractivity contribution >= 4 is 39.1 Å². The second kappa shape index (κ2) is 14.4. The number of hydrogen-bond donors (Lipinski definition) is 1. The van der Waals surface area contributed by atoms with Crippen molar-refractivity contribution in [3.63, 3.8) is 0 Å². The molecule has 0 heterocycles. The van der Waals surface area contributed by atoms with Crippen molar-refractivity contribution in [3.05, 3.63) is 88.4 Å². The average Bonchev–Trinajstić information content (AvgIpc) is 2.95. The van der Waals surface area contributed by atoms with Gasteiger partial charge in [-0.2, -0.15) is 0 Å². The van der Waals surface area contributed by atoms with Gasteiger partial charge >= 0.3 is 0 Å². The Kier molecular flexibility index (Phi) is 11.2. The summed E-state index contributed by atoms with van der Waals surface area (Å²) >= 11 is 6.18. The van der Waals surface area contributed by atoms with Gasteiger partial charge in [-0.1, -0.05) is 55.3 Å². The maximum Gasteiger partial charge on any atom is 0.264 e. The van der Waals surface area contributed by atoms with Crippen LogP contribution in [0, 0.1) is 13.8 Å². The second-order valence-electron chi connectivity index (χ2n) is 9.84. The minimum absolute atomic E-state index is 0.0553. The van der Waals surface area contributed by atoms with E-state index in [0.29, 0.717) is 35.0 Å². The molecular weight excluding hydrogens is 562 g/mol. The van der Waals surface area contributed by atoms with Crippen LogP contribution in [0.15, 0.2) is 71.6 Å². The molecule has 0 spiro atoms. The van der Waals surface area contributed by atoms with Gasteiger partial charge in [0, 0.05) is 18.1 Å². The molecule has 0 aliphatic rings. The summed E-state index contributed by atoms with van der Waals surface area (Å²) in [4.78, 5) is 28.8. The Morgan fingerprint density at radius 1 is 0.976 bits per heavy atom. The summed E-state index contributed by atoms with van der Waals surface area (Å²) in [5.41, 5.74) is 2.60. The fraction of sp³-hybridized carbons (Fsp3) is 0.355. The number of nitrogens with one attached hydrogen (secondary N) is 1. The van der Waals surface area contributed by atoms with Crippen LogP contribution in [0.4, 0.5) is 5.69 Å². The molecule has 10 heteroatoms. The Morgan fingerprint density at radius 2 is 1.63 bits per heavy atom. The number of carbonyl (C=O) groups excluding carboxylic acids is 2. The maximum atomic E-state index is 14.1. The van der Waals surface area contributed by atoms with Gasteiger partial charge in [-0.05, 0) is 80.3 Å². The number of nitrogens with zero attached hydrogens (tertiary/aromatic N) is 2. The molecule has 0 radical (unpaired) electrons. The largest absolute Gasteiger partial charge is 0.497 e. The van der Waals surface area contributed by atoms with Crippen molar-refractivity contribution in [1.29, 1.82) is 0 Å². The van der Waals surface area contributed by atoms with Crippen LogP contribution in [0.25, 0.3) is 0 Å². The zero-order valence-corrected chi connectivity index (χ0v) is 25.8. The smallest absolute Gasteiger partial charge is 0.264 e. The van der Waals surface area contributed by atoms with Crippen molar-refractivity contribution in [3.8, 4) is 5.75 Å². The van der Waals surface area contributed by atoms with Crippen molar-refractivity contribution < 1.29 is 22.7 Å². The van der Waals surface area contributed by atoms with Crippen LogP contribution in [0.5, 0.6) is 5.75 Å². The number of benzene rings is 3. The summed E-state index contributed by atoms with van der Waals surface area (Å²) in [6.45, 7) is 7.46. The van der Waals surface area contributed by atoms with Crippen molar-refractivity contribution in [2.24, 2.45) is 0 Å². The highest BCUT2D eigenvalue weighted by atomic mass is 35.5. The van der Waals surface area contributed by atoms with E-state index in [1.165, 1.54) is 17.0 Å². The van der Waals surface area contributed by atoms with Crippen molar-refractivity contribution in [1.82, 2.24) is 10.2 Å². The molecule has 0 saturated carbocycles. The Morgan fingerprint density at radius 3 is 2.20 bits per heavy atom. The lowest BCUT2D eigenvalue weighted by atomic mass is 10.1. The maximum absolute atomic E-state index is 14.1. The zero-order chi connectivity index (χ0) is 30.2. The van der Waals surface area contributed by atoms with Crippen LogP contribution in [0.2, 0.25) is 5.02 Å². The second-order valence-corrected chi connectivity index (χ2v) is 12.1. The monoisotopic (exact) mass is 599 g/mol. The lowest BCUT2D eigenvalue weighted by molar-refractivity contribution is -0.140. The van der Waals surface area contributed by atoms with Crippen molar-refractivity contribution in [2.75, 3.05) is 24.5 Å². The number of rotatable bonds is 13. The van der Waals surface area contributed by atoms with Gasteiger partial charge in [0.25, 0.3) is 10.0 Å². The van der Waals surface area contributed by atoms with Crippen LogP contribution in [-0.2, 0) is 26.2 Å². The Balaban J connectivity index is 2.07. The van der Waals surface area contributed by atoms with Crippen LogP contribution in [-0.4, -0.2) is 51.4 Å². The number of methoxy groups -OCH3 is 1. The highest BCUT2D eigenvalue weighted by Crippen LogP contribution is 2.30. The number of hydrogen-bond acceptors (Lipinski definition) is 5. The van der Waals surface area contributed by atoms with Gasteiger partial charge in [-0.25, -0.2) is 8.42 Å². The summed E-state index contributed by atoms with van der Waals surface area (Å²) in [6, 6.07) is 17.7. The number of sulfonamides is 1. The minimum atomic E-state index is -4.16. The number of carbonyl (C=O) groups is 2. The SMILES string of the molecule is CCCNC(=O)C(CC)N(Cc1ccc(OC)cc1)C(=O)CN(c1ccc(Cl)cc1C)S(=O)(=O)c1ccc(C)cc1. The predicted octanol–water partition coefficient (Wildman–Crippen LogP) is 5.49. The number of anilines is 1. The lowest BCUT2D eigenvalue weighted by Crippen LogP contribution is -2.52. The first-order valence-electron chi connectivity index (χ1n) is 13.6. The van der Waals surface area contributed by atoms with E-state index in [2.05, 4.69) is 5.32 Å². The van der Waals surface area contributed by atoms with E-state index >= 15 is 0 Å². The van der Waals surface area contributed by atoms with Gasteiger partial charge in [0.15, 0.2) is 0 Å². The quantitative estimate of drug-likeness (QED) is 0.280. The predicted molar refractivity (Wildman–Crippen MR) is 163 cm³/mol. The third-order valence-corrected chi connectivity index (χ3v) is 8.77. The summed E-state index contributed by atoms with van der Waals surface area (Å²) in [5, 5.41) is 3.33. The van der Waals surface area contributed by atoms with E-state index in [9.17, 15) is 18.0 Å². The first-order chi connectivity index (χ1) is 19.5. The summed E-state index contributed by atoms with van der Waals surface area (Å²) < 4.78 is 34.4. The van der Waals surface area contributed by atoms with Crippen LogP contribution < -0.4 is 14.4 Å². The molecule has 8 nitrogen and oxygen atoms in total. The number of amides is 2. The van der Waals surface area contributed by atoms with Crippen LogP contribution >= 0.6 is 11.6 Å². The standard InChI is InChI=1S/C31H38ClN3O5S/c1-6-18-33-31(37)28(7-2)34(20-24-10-13-26(40-5)14-11-24)30(36)21-35(29-17-12-25(32)19-23(29)4)41(38,39)27-15-8-22(3)9-16-27/h8-17,19,28H,6-7,18,20-21H2,1-5H3,(H,33,37). The fourth-order valence-electron chi connectivity index (χ4n) is 4.46. The van der Waals surface area contributed by atoms with Crippen LogP contribution in [0.1, 0.15) is 43.4 Å². The van der Waals surface area contributed by atoms with E-state index < -0.39 is 28.5 Å². The molecule has 0 aromatic heterocycles. The summed E-state index contributed by atoms with van der Waals surface area (Å²) in [7, 11) is -2.59. The molecule has 3 aromatic rings. The molecule has 0 aliphatic carbocycles. The number of aryl methyl sites for hydroxylation is 2. The normalized spacial score (nSPS) is 12.0. The lowest BCUT2D eigenvalue weighted by Gasteiger charge is -2.33. The zero-order valence-electron chi connectivity index (χ0n) is 24.2. The highest BCUT2D eigenvalue weighted by molar-refractivity contribution is 7.92. The highest BCUT2D eigenvalue weighted by Gasteiger charge is 2.34. The average molecular weight is 600 g/mol.